The molecule has 0 saturated heterocycles. The minimum Gasteiger partial charge on any atom is -0.324 e. The number of benzene rings is 1. The van der Waals surface area contributed by atoms with Gasteiger partial charge in [-0.3, -0.25) is 0 Å². The van der Waals surface area contributed by atoms with E-state index in [1.54, 1.807) is 0 Å². The highest BCUT2D eigenvalue weighted by atomic mass is 19.2. The Bertz CT molecular complexity index is 502. The van der Waals surface area contributed by atoms with E-state index in [1.807, 2.05) is 6.92 Å². The molecule has 0 aliphatic heterocycles. The van der Waals surface area contributed by atoms with Crippen LogP contribution < -0.4 is 5.73 Å². The van der Waals surface area contributed by atoms with Crippen molar-refractivity contribution in [1.29, 1.82) is 0 Å². The molecule has 2 rings (SSSR count). The lowest BCUT2D eigenvalue weighted by atomic mass is 9.72. The summed E-state index contributed by atoms with van der Waals surface area (Å²) >= 11 is 0. The van der Waals surface area contributed by atoms with Crippen LogP contribution in [-0.4, -0.2) is 0 Å². The van der Waals surface area contributed by atoms with E-state index < -0.39 is 40.7 Å². The van der Waals surface area contributed by atoms with Gasteiger partial charge < -0.3 is 5.73 Å². The van der Waals surface area contributed by atoms with Crippen LogP contribution in [0.25, 0.3) is 0 Å². The maximum atomic E-state index is 13.8. The standard InChI is InChI=1S/C15H18F5N/c1-2-7-5-3-4-6-8(7)15(21)9-10(16)12(18)14(20)13(19)11(9)17/h7-8,15H,2-6,21H2,1H3. The van der Waals surface area contributed by atoms with Crippen LogP contribution in [0, 0.1) is 40.9 Å². The zero-order valence-electron chi connectivity index (χ0n) is 11.7. The summed E-state index contributed by atoms with van der Waals surface area (Å²) in [5, 5.41) is 0. The van der Waals surface area contributed by atoms with Gasteiger partial charge in [0.05, 0.1) is 0 Å². The van der Waals surface area contributed by atoms with E-state index in [1.165, 1.54) is 0 Å². The van der Waals surface area contributed by atoms with Gasteiger partial charge in [-0.05, 0) is 18.3 Å². The summed E-state index contributed by atoms with van der Waals surface area (Å²) in [4.78, 5) is 0. The molecule has 3 unspecified atom stereocenters. The second-order valence-corrected chi connectivity index (χ2v) is 5.63. The van der Waals surface area contributed by atoms with Crippen molar-refractivity contribution in [2.24, 2.45) is 17.6 Å². The van der Waals surface area contributed by atoms with Crippen LogP contribution in [0.15, 0.2) is 0 Å². The Balaban J connectivity index is 2.45. The van der Waals surface area contributed by atoms with Gasteiger partial charge in [0.1, 0.15) is 0 Å². The molecule has 1 saturated carbocycles. The van der Waals surface area contributed by atoms with Crippen molar-refractivity contribution in [2.75, 3.05) is 0 Å². The summed E-state index contributed by atoms with van der Waals surface area (Å²) in [6, 6.07) is -1.18. The van der Waals surface area contributed by atoms with Crippen LogP contribution in [0.5, 0.6) is 0 Å². The summed E-state index contributed by atoms with van der Waals surface area (Å²) in [7, 11) is 0. The van der Waals surface area contributed by atoms with E-state index in [0.717, 1.165) is 25.7 Å². The average Bonchev–Trinajstić information content (AvgIpc) is 2.51. The number of rotatable bonds is 3. The topological polar surface area (TPSA) is 26.0 Å². The lowest BCUT2D eigenvalue weighted by molar-refractivity contribution is 0.189. The molecular weight excluding hydrogens is 289 g/mol. The third kappa shape index (κ3) is 2.78. The SMILES string of the molecule is CCC1CCCCC1C(N)c1c(F)c(F)c(F)c(F)c1F. The van der Waals surface area contributed by atoms with Crippen LogP contribution in [0.2, 0.25) is 0 Å². The maximum Gasteiger partial charge on any atom is 0.200 e. The van der Waals surface area contributed by atoms with Gasteiger partial charge in [-0.1, -0.05) is 32.6 Å². The smallest absolute Gasteiger partial charge is 0.200 e. The first kappa shape index (κ1) is 16.2. The minimum atomic E-state index is -2.14. The molecule has 21 heavy (non-hydrogen) atoms. The molecule has 1 aromatic carbocycles. The van der Waals surface area contributed by atoms with Gasteiger partial charge in [-0.25, -0.2) is 22.0 Å². The molecule has 1 fully saturated rings. The first-order valence-electron chi connectivity index (χ1n) is 7.17. The summed E-state index contributed by atoms with van der Waals surface area (Å²) in [5.41, 5.74) is 5.01. The fourth-order valence-corrected chi connectivity index (χ4v) is 3.34. The van der Waals surface area contributed by atoms with Gasteiger partial charge >= 0.3 is 0 Å². The maximum absolute atomic E-state index is 13.8. The normalized spacial score (nSPS) is 24.1. The first-order valence-corrected chi connectivity index (χ1v) is 7.17. The molecule has 0 bridgehead atoms. The Morgan fingerprint density at radius 2 is 1.38 bits per heavy atom. The van der Waals surface area contributed by atoms with E-state index in [0.29, 0.717) is 6.42 Å². The summed E-state index contributed by atoms with van der Waals surface area (Å²) in [6.45, 7) is 1.94. The van der Waals surface area contributed by atoms with Crippen molar-refractivity contribution in [3.8, 4) is 0 Å². The first-order chi connectivity index (χ1) is 9.90. The van der Waals surface area contributed by atoms with Gasteiger partial charge in [-0.15, -0.1) is 0 Å². The Kier molecular flexibility index (Phi) is 4.86. The van der Waals surface area contributed by atoms with Gasteiger partial charge in [0, 0.05) is 11.6 Å². The van der Waals surface area contributed by atoms with Crippen molar-refractivity contribution in [1.82, 2.24) is 0 Å². The lowest BCUT2D eigenvalue weighted by Gasteiger charge is -2.35. The van der Waals surface area contributed by atoms with Crippen molar-refractivity contribution >= 4 is 0 Å². The molecular formula is C15H18F5N. The van der Waals surface area contributed by atoms with Crippen molar-refractivity contribution in [2.45, 2.75) is 45.1 Å². The highest BCUT2D eigenvalue weighted by Crippen LogP contribution is 2.41. The van der Waals surface area contributed by atoms with Gasteiger partial charge in [0.15, 0.2) is 23.3 Å². The summed E-state index contributed by atoms with van der Waals surface area (Å²) in [6.07, 6.45) is 4.13. The molecule has 2 N–H and O–H groups in total. The molecule has 1 aliphatic carbocycles. The highest BCUT2D eigenvalue weighted by molar-refractivity contribution is 5.27. The van der Waals surface area contributed by atoms with E-state index in [-0.39, 0.29) is 11.8 Å². The van der Waals surface area contributed by atoms with Crippen molar-refractivity contribution < 1.29 is 22.0 Å². The average molecular weight is 307 g/mol. The molecule has 3 atom stereocenters. The summed E-state index contributed by atoms with van der Waals surface area (Å²) < 4.78 is 67.3. The molecule has 0 amide bonds. The molecule has 118 valence electrons. The molecule has 1 aromatic rings. The third-order valence-electron chi connectivity index (χ3n) is 4.53. The number of hydrogen-bond acceptors (Lipinski definition) is 1. The summed E-state index contributed by atoms with van der Waals surface area (Å²) in [5.74, 6) is -9.73. The zero-order chi connectivity index (χ0) is 15.7. The van der Waals surface area contributed by atoms with Crippen LogP contribution in [0.3, 0.4) is 0 Å². The predicted molar refractivity (Wildman–Crippen MR) is 68.9 cm³/mol. The largest absolute Gasteiger partial charge is 0.324 e. The Morgan fingerprint density at radius 1 is 0.905 bits per heavy atom. The van der Waals surface area contributed by atoms with Crippen LogP contribution in [0.4, 0.5) is 22.0 Å². The van der Waals surface area contributed by atoms with Gasteiger partial charge in [0.25, 0.3) is 0 Å². The third-order valence-corrected chi connectivity index (χ3v) is 4.53. The Morgan fingerprint density at radius 3 is 1.90 bits per heavy atom. The van der Waals surface area contributed by atoms with E-state index in [9.17, 15) is 22.0 Å². The fourth-order valence-electron chi connectivity index (χ4n) is 3.34. The van der Waals surface area contributed by atoms with E-state index in [4.69, 9.17) is 5.73 Å². The number of halogens is 5. The van der Waals surface area contributed by atoms with Crippen LogP contribution >= 0.6 is 0 Å². The Labute approximate surface area is 120 Å². The quantitative estimate of drug-likeness (QED) is 0.493. The van der Waals surface area contributed by atoms with Crippen LogP contribution in [-0.2, 0) is 0 Å². The molecule has 0 aromatic heterocycles. The molecule has 6 heteroatoms. The Hall–Kier alpha value is -1.17. The molecule has 0 heterocycles. The molecule has 1 aliphatic rings. The zero-order valence-corrected chi connectivity index (χ0v) is 11.7. The second-order valence-electron chi connectivity index (χ2n) is 5.63. The van der Waals surface area contributed by atoms with Gasteiger partial charge in [-0.2, -0.15) is 0 Å². The predicted octanol–water partition coefficient (Wildman–Crippen LogP) is 4.60. The van der Waals surface area contributed by atoms with Crippen LogP contribution in [0.1, 0.15) is 50.6 Å². The number of nitrogens with two attached hydrogens (primary N) is 1. The molecule has 0 radical (unpaired) electrons. The number of hydrogen-bond donors (Lipinski definition) is 1. The van der Waals surface area contributed by atoms with E-state index >= 15 is 0 Å². The van der Waals surface area contributed by atoms with Crippen molar-refractivity contribution in [3.05, 3.63) is 34.6 Å². The van der Waals surface area contributed by atoms with Crippen molar-refractivity contribution in [3.63, 3.8) is 0 Å². The second kappa shape index (κ2) is 6.30. The lowest BCUT2D eigenvalue weighted by Crippen LogP contribution is -2.32. The minimum absolute atomic E-state index is 0.142. The fraction of sp³-hybridized carbons (Fsp3) is 0.600. The van der Waals surface area contributed by atoms with E-state index in [2.05, 4.69) is 0 Å². The molecule has 0 spiro atoms. The van der Waals surface area contributed by atoms with Gasteiger partial charge in [0.2, 0.25) is 5.82 Å². The highest BCUT2D eigenvalue weighted by Gasteiger charge is 2.36. The molecule has 1 nitrogen and oxygen atoms in total. The monoisotopic (exact) mass is 307 g/mol.